The van der Waals surface area contributed by atoms with Gasteiger partial charge in [0.15, 0.2) is 0 Å². The summed E-state index contributed by atoms with van der Waals surface area (Å²) in [6, 6.07) is 0. The van der Waals surface area contributed by atoms with Crippen LogP contribution in [0.2, 0.25) is 0 Å². The van der Waals surface area contributed by atoms with Crippen molar-refractivity contribution in [1.82, 2.24) is 3.53 Å². The van der Waals surface area contributed by atoms with Crippen molar-refractivity contribution in [3.8, 4) is 0 Å². The summed E-state index contributed by atoms with van der Waals surface area (Å²) in [6.07, 6.45) is 0. The van der Waals surface area contributed by atoms with Gasteiger partial charge in [-0.05, 0) is 0 Å². The standard InChI is InChI=1S/C4H11I2N/c1-5-3-6(4-5)7-2/h7H,3-4H2,1-2H3. The molecule has 1 saturated heterocycles. The van der Waals surface area contributed by atoms with Gasteiger partial charge in [0.1, 0.15) is 0 Å². The fourth-order valence-electron chi connectivity index (χ4n) is 0.488. The maximum atomic E-state index is 3.43. The van der Waals surface area contributed by atoms with Gasteiger partial charge in [0, 0.05) is 0 Å². The van der Waals surface area contributed by atoms with Crippen molar-refractivity contribution in [2.24, 2.45) is 0 Å². The van der Waals surface area contributed by atoms with E-state index in [1.165, 1.54) is 0 Å². The molecule has 0 aromatic heterocycles. The summed E-state index contributed by atoms with van der Waals surface area (Å²) in [7, 11) is 2.13. The molecule has 1 fully saturated rings. The minimum absolute atomic E-state index is 0.177. The van der Waals surface area contributed by atoms with Crippen LogP contribution in [0.15, 0.2) is 0 Å². The quantitative estimate of drug-likeness (QED) is 0.439. The monoisotopic (exact) mass is 327 g/mol. The molecule has 0 radical (unpaired) electrons. The molecule has 0 spiro atoms. The SMILES string of the molecule is CNI1CI(C)C1. The van der Waals surface area contributed by atoms with Crippen LogP contribution in [0.25, 0.3) is 0 Å². The van der Waals surface area contributed by atoms with Gasteiger partial charge in [-0.15, -0.1) is 0 Å². The molecule has 0 aromatic carbocycles. The van der Waals surface area contributed by atoms with Crippen molar-refractivity contribution < 1.29 is 0 Å². The molecule has 0 bridgehead atoms. The van der Waals surface area contributed by atoms with Gasteiger partial charge in [-0.1, -0.05) is 0 Å². The Morgan fingerprint density at radius 1 is 1.43 bits per heavy atom. The molecule has 1 aliphatic heterocycles. The van der Waals surface area contributed by atoms with Crippen LogP contribution in [0.5, 0.6) is 0 Å². The zero-order valence-corrected chi connectivity index (χ0v) is 8.99. The predicted octanol–water partition coefficient (Wildman–Crippen LogP) is 1.69. The van der Waals surface area contributed by atoms with Crippen molar-refractivity contribution >= 4 is 39.9 Å². The third kappa shape index (κ3) is 1.67. The van der Waals surface area contributed by atoms with Gasteiger partial charge in [-0.3, -0.25) is 0 Å². The van der Waals surface area contributed by atoms with Crippen LogP contribution >= 0.6 is 39.9 Å². The predicted molar refractivity (Wildman–Crippen MR) is 52.8 cm³/mol. The molecule has 1 rings (SSSR count). The molecular formula is C4H11I2N. The minimum atomic E-state index is -0.363. The van der Waals surface area contributed by atoms with E-state index in [9.17, 15) is 0 Å². The number of halogens is 2. The number of alkyl halides is 5. The van der Waals surface area contributed by atoms with E-state index in [1.807, 2.05) is 0 Å². The van der Waals surface area contributed by atoms with Crippen LogP contribution in [-0.2, 0) is 0 Å². The van der Waals surface area contributed by atoms with Crippen LogP contribution in [-0.4, -0.2) is 16.8 Å². The first-order chi connectivity index (χ1) is 3.33. The van der Waals surface area contributed by atoms with Gasteiger partial charge in [-0.2, -0.15) is 0 Å². The Bertz CT molecular complexity index is 60.7. The molecule has 0 amide bonds. The third-order valence-corrected chi connectivity index (χ3v) is 28.3. The molecular weight excluding hydrogens is 316 g/mol. The number of rotatable bonds is 1. The summed E-state index contributed by atoms with van der Waals surface area (Å²) in [5, 5.41) is 0. The number of hydrogen-bond donors (Lipinski definition) is 1. The molecule has 1 N–H and O–H groups in total. The molecule has 0 aliphatic carbocycles. The van der Waals surface area contributed by atoms with Gasteiger partial charge in [0.25, 0.3) is 0 Å². The Morgan fingerprint density at radius 2 is 2.00 bits per heavy atom. The van der Waals surface area contributed by atoms with Crippen molar-refractivity contribution in [3.05, 3.63) is 0 Å². The molecule has 7 heavy (non-hydrogen) atoms. The molecule has 0 aromatic rings. The Kier molecular flexibility index (Phi) is 2.63. The van der Waals surface area contributed by atoms with Crippen molar-refractivity contribution in [1.29, 1.82) is 0 Å². The Morgan fingerprint density at radius 3 is 2.14 bits per heavy atom. The van der Waals surface area contributed by atoms with Crippen LogP contribution < -0.4 is 3.53 Å². The molecule has 0 atom stereocenters. The molecule has 1 aliphatic rings. The summed E-state index contributed by atoms with van der Waals surface area (Å²) < 4.78 is 6.83. The third-order valence-electron chi connectivity index (χ3n) is 0.856. The van der Waals surface area contributed by atoms with E-state index in [1.54, 1.807) is 4.87 Å². The van der Waals surface area contributed by atoms with E-state index in [0.29, 0.717) is 0 Å². The summed E-state index contributed by atoms with van der Waals surface area (Å²) in [4.78, 5) is 2.50. The second-order valence-corrected chi connectivity index (χ2v) is 18.3. The second-order valence-electron chi connectivity index (χ2n) is 1.57. The fraction of sp³-hybridized carbons (Fsp3) is 1.00. The van der Waals surface area contributed by atoms with Gasteiger partial charge in [-0.25, -0.2) is 0 Å². The van der Waals surface area contributed by atoms with Gasteiger partial charge in [0.05, 0.1) is 0 Å². The van der Waals surface area contributed by atoms with Gasteiger partial charge < -0.3 is 0 Å². The summed E-state index contributed by atoms with van der Waals surface area (Å²) >= 11 is -0.540. The van der Waals surface area contributed by atoms with E-state index >= 15 is 0 Å². The average molecular weight is 327 g/mol. The van der Waals surface area contributed by atoms with Crippen LogP contribution in [0.3, 0.4) is 0 Å². The van der Waals surface area contributed by atoms with Gasteiger partial charge >= 0.3 is 60.3 Å². The Labute approximate surface area is 59.8 Å². The molecule has 0 unspecified atom stereocenters. The van der Waals surface area contributed by atoms with Gasteiger partial charge in [0.2, 0.25) is 0 Å². The van der Waals surface area contributed by atoms with E-state index in [-0.39, 0.29) is 39.9 Å². The average Bonchev–Trinajstić information content (AvgIpc) is 1.58. The van der Waals surface area contributed by atoms with E-state index in [0.717, 1.165) is 0 Å². The van der Waals surface area contributed by atoms with Crippen molar-refractivity contribution in [2.75, 3.05) is 16.8 Å². The first kappa shape index (κ1) is 6.54. The summed E-state index contributed by atoms with van der Waals surface area (Å²) in [5.74, 6) is 0. The van der Waals surface area contributed by atoms with E-state index in [2.05, 4.69) is 15.5 Å². The van der Waals surface area contributed by atoms with Crippen LogP contribution in [0, 0.1) is 0 Å². The first-order valence-corrected chi connectivity index (χ1v) is 11.5. The van der Waals surface area contributed by atoms with Crippen molar-refractivity contribution in [2.45, 2.75) is 0 Å². The Balaban J connectivity index is 2.06. The zero-order valence-electron chi connectivity index (χ0n) is 4.67. The fourth-order valence-corrected chi connectivity index (χ4v) is 21.9. The van der Waals surface area contributed by atoms with E-state index < -0.39 is 0 Å². The molecule has 0 saturated carbocycles. The number of nitrogens with one attached hydrogen (secondary N) is 1. The van der Waals surface area contributed by atoms with E-state index in [4.69, 9.17) is 0 Å². The zero-order chi connectivity index (χ0) is 5.28. The van der Waals surface area contributed by atoms with Crippen molar-refractivity contribution in [3.63, 3.8) is 0 Å². The second kappa shape index (κ2) is 2.82. The first-order valence-electron chi connectivity index (χ1n) is 2.14. The summed E-state index contributed by atoms with van der Waals surface area (Å²) in [5.41, 5.74) is 0. The molecule has 1 heterocycles. The topological polar surface area (TPSA) is 12.0 Å². The molecule has 1 nitrogen and oxygen atoms in total. The normalized spacial score (nSPS) is 30.0. The van der Waals surface area contributed by atoms with Crippen LogP contribution in [0.1, 0.15) is 0 Å². The molecule has 3 heteroatoms. The molecule has 46 valence electrons. The summed E-state index contributed by atoms with van der Waals surface area (Å²) in [6.45, 7) is 0. The van der Waals surface area contributed by atoms with Crippen LogP contribution in [0.4, 0.5) is 0 Å². The maximum absolute atomic E-state index is 3.43. The number of hydrogen-bond acceptors (Lipinski definition) is 1. The Hall–Kier alpha value is 1.42.